The lowest BCUT2D eigenvalue weighted by molar-refractivity contribution is 0.0992. The first-order valence-electron chi connectivity index (χ1n) is 7.29. The number of oxazole rings is 1. The van der Waals surface area contributed by atoms with E-state index < -0.39 is 11.8 Å². The highest BCUT2D eigenvalue weighted by molar-refractivity contribution is 5.99. The Morgan fingerprint density at radius 1 is 0.958 bits per heavy atom. The monoisotopic (exact) mass is 322 g/mol. The van der Waals surface area contributed by atoms with Gasteiger partial charge in [-0.05, 0) is 0 Å². The van der Waals surface area contributed by atoms with Gasteiger partial charge in [-0.15, -0.1) is 0 Å². The summed E-state index contributed by atoms with van der Waals surface area (Å²) in [5.74, 6) is -0.771. The molecule has 0 fully saturated rings. The van der Waals surface area contributed by atoms with E-state index >= 15 is 0 Å². The highest BCUT2D eigenvalue weighted by atomic mass is 16.4. The number of Topliss-reactive ketones (excluding diaryl/α,β-unsaturated/α-hetero) is 1. The Morgan fingerprint density at radius 2 is 1.58 bits per heavy atom. The van der Waals surface area contributed by atoms with E-state index in [0.717, 1.165) is 4.57 Å². The molecule has 0 unspecified atom stereocenters. The lowest BCUT2D eigenvalue weighted by Gasteiger charge is -2.03. The summed E-state index contributed by atoms with van der Waals surface area (Å²) < 4.78 is 5.88. The van der Waals surface area contributed by atoms with Crippen molar-refractivity contribution in [2.75, 3.05) is 6.54 Å². The third-order valence-corrected chi connectivity index (χ3v) is 3.41. The smallest absolute Gasteiger partial charge is 0.407 e. The van der Waals surface area contributed by atoms with E-state index in [-0.39, 0.29) is 18.1 Å². The first kappa shape index (κ1) is 15.5. The minimum Gasteiger partial charge on any atom is -0.407 e. The molecule has 0 bridgehead atoms. The Balaban J connectivity index is 1.71. The second kappa shape index (κ2) is 6.78. The summed E-state index contributed by atoms with van der Waals surface area (Å²) in [5.41, 5.74) is 1.17. The zero-order valence-corrected chi connectivity index (χ0v) is 12.6. The van der Waals surface area contributed by atoms with Crippen LogP contribution < -0.4 is 11.1 Å². The quantitative estimate of drug-likeness (QED) is 0.749. The van der Waals surface area contributed by atoms with Gasteiger partial charge in [0.2, 0.25) is 0 Å². The number of hydrogen-bond donors (Lipinski definition) is 1. The predicted octanol–water partition coefficient (Wildman–Crippen LogP) is 2.55. The van der Waals surface area contributed by atoms with E-state index in [1.54, 1.807) is 54.6 Å². The number of carbonyl (C=O) groups excluding carboxylic acids is 2. The van der Waals surface area contributed by atoms with Crippen molar-refractivity contribution in [2.45, 2.75) is 0 Å². The highest BCUT2D eigenvalue weighted by Crippen LogP contribution is 2.16. The summed E-state index contributed by atoms with van der Waals surface area (Å²) in [6.07, 6.45) is 1.31. The van der Waals surface area contributed by atoms with Crippen molar-refractivity contribution >= 4 is 11.8 Å². The average Bonchev–Trinajstić information content (AvgIpc) is 3.03. The molecule has 1 aromatic heterocycles. The number of hydrogen-bond acceptors (Lipinski definition) is 4. The fraction of sp³-hybridized carbons (Fsp3) is 0.0556. The van der Waals surface area contributed by atoms with Gasteiger partial charge < -0.3 is 9.73 Å². The van der Waals surface area contributed by atoms with Gasteiger partial charge in [0.05, 0.1) is 12.7 Å². The molecular weight excluding hydrogens is 308 g/mol. The lowest BCUT2D eigenvalue weighted by atomic mass is 10.1. The zero-order chi connectivity index (χ0) is 16.9. The molecule has 0 spiro atoms. The number of nitrogens with zero attached hydrogens (tertiary/aromatic N) is 1. The maximum atomic E-state index is 12.1. The van der Waals surface area contributed by atoms with Gasteiger partial charge in [0.15, 0.2) is 11.5 Å². The zero-order valence-electron chi connectivity index (χ0n) is 12.6. The van der Waals surface area contributed by atoms with Crippen LogP contribution in [0.5, 0.6) is 0 Å². The molecule has 24 heavy (non-hydrogen) atoms. The molecular formula is C18H14N2O4. The van der Waals surface area contributed by atoms with E-state index in [0.29, 0.717) is 11.1 Å². The molecule has 3 rings (SSSR count). The number of amides is 1. The standard InChI is InChI=1S/C18H14N2O4/c21-15(13-7-3-1-4-8-13)11-19-17(22)20-12-16(24-18(20)23)14-9-5-2-6-10-14/h1-10,12H,11H2,(H,19,22). The predicted molar refractivity (Wildman–Crippen MR) is 88.0 cm³/mol. The summed E-state index contributed by atoms with van der Waals surface area (Å²) in [6.45, 7) is -0.207. The van der Waals surface area contributed by atoms with Crippen LogP contribution in [0.4, 0.5) is 4.79 Å². The molecule has 0 aliphatic carbocycles. The van der Waals surface area contributed by atoms with Gasteiger partial charge in [-0.3, -0.25) is 4.79 Å². The van der Waals surface area contributed by atoms with Crippen LogP contribution in [-0.2, 0) is 0 Å². The second-order valence-corrected chi connectivity index (χ2v) is 5.05. The Hall–Kier alpha value is -3.41. The molecule has 1 N–H and O–H groups in total. The number of nitrogens with one attached hydrogen (secondary N) is 1. The lowest BCUT2D eigenvalue weighted by Crippen LogP contribution is -2.36. The van der Waals surface area contributed by atoms with Crippen LogP contribution in [0.2, 0.25) is 0 Å². The number of aromatic nitrogens is 1. The summed E-state index contributed by atoms with van der Waals surface area (Å²) in [7, 11) is 0. The number of rotatable bonds is 4. The largest absolute Gasteiger partial charge is 0.427 e. The Bertz CT molecular complexity index is 911. The average molecular weight is 322 g/mol. The Labute approximate surface area is 137 Å². The van der Waals surface area contributed by atoms with Crippen molar-refractivity contribution in [3.8, 4) is 11.3 Å². The van der Waals surface area contributed by atoms with E-state index in [2.05, 4.69) is 5.32 Å². The summed E-state index contributed by atoms with van der Waals surface area (Å²) >= 11 is 0. The van der Waals surface area contributed by atoms with Crippen LogP contribution in [0.25, 0.3) is 11.3 Å². The SMILES string of the molecule is O=C(CNC(=O)n1cc(-c2ccccc2)oc1=O)c1ccccc1. The van der Waals surface area contributed by atoms with Gasteiger partial charge in [0.25, 0.3) is 0 Å². The normalized spacial score (nSPS) is 10.3. The molecule has 0 saturated carbocycles. The Morgan fingerprint density at radius 3 is 2.25 bits per heavy atom. The van der Waals surface area contributed by atoms with Gasteiger partial charge in [0.1, 0.15) is 0 Å². The van der Waals surface area contributed by atoms with Gasteiger partial charge in [0, 0.05) is 11.1 Å². The fourth-order valence-electron chi connectivity index (χ4n) is 2.18. The third kappa shape index (κ3) is 3.33. The van der Waals surface area contributed by atoms with Crippen LogP contribution in [0.15, 0.2) is 76.1 Å². The van der Waals surface area contributed by atoms with Crippen LogP contribution in [0.1, 0.15) is 10.4 Å². The second-order valence-electron chi connectivity index (χ2n) is 5.05. The Kier molecular flexibility index (Phi) is 4.38. The molecule has 3 aromatic rings. The van der Waals surface area contributed by atoms with E-state index in [1.165, 1.54) is 6.20 Å². The summed E-state index contributed by atoms with van der Waals surface area (Å²) in [4.78, 5) is 35.9. The molecule has 120 valence electrons. The first-order valence-corrected chi connectivity index (χ1v) is 7.29. The number of carbonyl (C=O) groups is 2. The highest BCUT2D eigenvalue weighted by Gasteiger charge is 2.15. The maximum Gasteiger partial charge on any atom is 0.427 e. The van der Waals surface area contributed by atoms with E-state index in [9.17, 15) is 14.4 Å². The van der Waals surface area contributed by atoms with Crippen LogP contribution in [0, 0.1) is 0 Å². The number of ketones is 1. The van der Waals surface area contributed by atoms with E-state index in [1.807, 2.05) is 6.07 Å². The molecule has 6 nitrogen and oxygen atoms in total. The topological polar surface area (TPSA) is 81.3 Å². The first-order chi connectivity index (χ1) is 11.6. The summed E-state index contributed by atoms with van der Waals surface area (Å²) in [5, 5.41) is 2.42. The van der Waals surface area contributed by atoms with Gasteiger partial charge in [-0.1, -0.05) is 60.7 Å². The van der Waals surface area contributed by atoms with Crippen molar-refractivity contribution in [1.29, 1.82) is 0 Å². The van der Waals surface area contributed by atoms with Crippen LogP contribution in [-0.4, -0.2) is 22.9 Å². The van der Waals surface area contributed by atoms with Gasteiger partial charge in [-0.2, -0.15) is 4.57 Å². The molecule has 0 aliphatic heterocycles. The molecule has 1 amide bonds. The molecule has 2 aromatic carbocycles. The van der Waals surface area contributed by atoms with Crippen LogP contribution >= 0.6 is 0 Å². The minimum atomic E-state index is -0.807. The van der Waals surface area contributed by atoms with E-state index in [4.69, 9.17) is 4.42 Å². The maximum absolute atomic E-state index is 12.1. The van der Waals surface area contributed by atoms with Crippen molar-refractivity contribution in [3.05, 3.63) is 83.0 Å². The summed E-state index contributed by atoms with van der Waals surface area (Å²) in [6, 6.07) is 16.8. The molecule has 0 radical (unpaired) electrons. The molecule has 6 heteroatoms. The third-order valence-electron chi connectivity index (χ3n) is 3.41. The molecule has 0 saturated heterocycles. The van der Waals surface area contributed by atoms with Gasteiger partial charge >= 0.3 is 11.8 Å². The molecule has 1 heterocycles. The number of benzene rings is 2. The van der Waals surface area contributed by atoms with Crippen molar-refractivity contribution in [2.24, 2.45) is 0 Å². The van der Waals surface area contributed by atoms with Crippen molar-refractivity contribution < 1.29 is 14.0 Å². The minimum absolute atomic E-state index is 0.207. The molecule has 0 atom stereocenters. The van der Waals surface area contributed by atoms with Crippen molar-refractivity contribution in [1.82, 2.24) is 9.88 Å². The fourth-order valence-corrected chi connectivity index (χ4v) is 2.18. The van der Waals surface area contributed by atoms with Gasteiger partial charge in [-0.25, -0.2) is 9.59 Å². The molecule has 0 aliphatic rings. The van der Waals surface area contributed by atoms with Crippen LogP contribution in [0.3, 0.4) is 0 Å². The van der Waals surface area contributed by atoms with Crippen molar-refractivity contribution in [3.63, 3.8) is 0 Å².